The Kier molecular flexibility index (Phi) is 41.6. The minimum Gasteiger partial charge on any atom is -0.463 e. The van der Waals surface area contributed by atoms with Crippen LogP contribution < -0.4 is 0 Å². The van der Waals surface area contributed by atoms with E-state index in [4.69, 9.17) is 52.1 Å². The number of ether oxygens (including phenoxy) is 11. The first-order chi connectivity index (χ1) is 26.3. The molecule has 13 nitrogen and oxygen atoms in total. The van der Waals surface area contributed by atoms with E-state index in [1.54, 1.807) is 0 Å². The van der Waals surface area contributed by atoms with E-state index < -0.39 is 5.60 Å². The number of hydrogen-bond donors (Lipinski definition) is 0. The van der Waals surface area contributed by atoms with Crippen LogP contribution in [0.25, 0.3) is 0 Å². The molecule has 0 radical (unpaired) electrons. The van der Waals surface area contributed by atoms with Gasteiger partial charge in [0.15, 0.2) is 0 Å². The average molecular weight is 781 g/mol. The van der Waals surface area contributed by atoms with Crippen molar-refractivity contribution in [2.24, 2.45) is 0 Å². The Labute approximate surface area is 328 Å². The van der Waals surface area contributed by atoms with Crippen LogP contribution >= 0.6 is 0 Å². The molecule has 0 aromatic heterocycles. The summed E-state index contributed by atoms with van der Waals surface area (Å²) < 4.78 is 59.6. The lowest BCUT2D eigenvalue weighted by atomic mass is 10.0. The number of carbonyl (C=O) groups excluding carboxylic acids is 2. The van der Waals surface area contributed by atoms with E-state index in [0.29, 0.717) is 125 Å². The normalized spacial score (nSPS) is 11.7. The van der Waals surface area contributed by atoms with Crippen molar-refractivity contribution in [3.05, 3.63) is 0 Å². The van der Waals surface area contributed by atoms with Gasteiger partial charge in [0.05, 0.1) is 125 Å². The Hall–Kier alpha value is -1.42. The Morgan fingerprint density at radius 3 is 0.926 bits per heavy atom. The van der Waals surface area contributed by atoms with Gasteiger partial charge in [-0.25, -0.2) is 0 Å². The van der Waals surface area contributed by atoms with E-state index in [1.165, 1.54) is 70.6 Å². The predicted octanol–water partition coefficient (Wildman–Crippen LogP) is 6.89. The maximum absolute atomic E-state index is 11.9. The molecule has 0 rings (SSSR count). The summed E-state index contributed by atoms with van der Waals surface area (Å²) in [7, 11) is 0. The summed E-state index contributed by atoms with van der Waals surface area (Å²) in [4.78, 5) is 23.5. The number of unbranched alkanes of at least 4 members (excludes halogenated alkanes) is 12. The van der Waals surface area contributed by atoms with Crippen molar-refractivity contribution < 1.29 is 61.7 Å². The molecule has 0 bridgehead atoms. The van der Waals surface area contributed by atoms with E-state index in [1.807, 2.05) is 20.8 Å². The van der Waals surface area contributed by atoms with Crippen LogP contribution in [-0.4, -0.2) is 143 Å². The second-order valence-corrected chi connectivity index (χ2v) is 14.1. The minimum atomic E-state index is -0.476. The molecule has 54 heavy (non-hydrogen) atoms. The first-order valence-corrected chi connectivity index (χ1v) is 20.9. The van der Waals surface area contributed by atoms with Crippen LogP contribution in [-0.2, 0) is 61.7 Å². The zero-order chi connectivity index (χ0) is 39.5. The van der Waals surface area contributed by atoms with Crippen LogP contribution in [0.4, 0.5) is 0 Å². The lowest BCUT2D eigenvalue weighted by Crippen LogP contribution is -2.24. The van der Waals surface area contributed by atoms with Gasteiger partial charge in [-0.1, -0.05) is 84.0 Å². The van der Waals surface area contributed by atoms with Crippen molar-refractivity contribution in [1.82, 2.24) is 0 Å². The van der Waals surface area contributed by atoms with Crippen LogP contribution in [0.3, 0.4) is 0 Å². The summed E-state index contributed by atoms with van der Waals surface area (Å²) >= 11 is 0. The van der Waals surface area contributed by atoms with Gasteiger partial charge in [-0.3, -0.25) is 9.59 Å². The Morgan fingerprint density at radius 1 is 0.333 bits per heavy atom. The maximum atomic E-state index is 11.9. The molecule has 13 heteroatoms. The van der Waals surface area contributed by atoms with Gasteiger partial charge in [-0.15, -0.1) is 0 Å². The van der Waals surface area contributed by atoms with Gasteiger partial charge in [0.1, 0.15) is 12.2 Å². The maximum Gasteiger partial charge on any atom is 0.308 e. The van der Waals surface area contributed by atoms with Gasteiger partial charge >= 0.3 is 11.9 Å². The molecule has 0 fully saturated rings. The summed E-state index contributed by atoms with van der Waals surface area (Å²) in [5.41, 5.74) is -0.476. The molecular formula is C41H80O13. The Balaban J connectivity index is 3.16. The van der Waals surface area contributed by atoms with Crippen LogP contribution in [0.5, 0.6) is 0 Å². The molecule has 0 saturated heterocycles. The van der Waals surface area contributed by atoms with Gasteiger partial charge in [0.25, 0.3) is 0 Å². The van der Waals surface area contributed by atoms with Crippen LogP contribution in [0.15, 0.2) is 0 Å². The summed E-state index contributed by atoms with van der Waals surface area (Å²) in [6, 6.07) is 0. The molecule has 0 N–H and O–H groups in total. The highest BCUT2D eigenvalue weighted by atomic mass is 16.6. The number of carbonyl (C=O) groups is 2. The van der Waals surface area contributed by atoms with Gasteiger partial charge < -0.3 is 52.1 Å². The van der Waals surface area contributed by atoms with E-state index in [2.05, 4.69) is 6.92 Å². The van der Waals surface area contributed by atoms with Gasteiger partial charge in [-0.2, -0.15) is 0 Å². The highest BCUT2D eigenvalue weighted by molar-refractivity contribution is 5.70. The van der Waals surface area contributed by atoms with Gasteiger partial charge in [0, 0.05) is 6.42 Å². The standard InChI is InChI=1S/C41H80O13/c1-5-6-7-8-9-10-11-12-13-14-15-16-17-18-39(42)53-38-37-52-36-35-51-34-33-50-32-31-49-30-29-48-28-27-47-26-25-46-24-23-45-22-21-44-20-19-40(43)54-41(2,3)4/h5-38H2,1-4H3. The highest BCUT2D eigenvalue weighted by Gasteiger charge is 2.15. The van der Waals surface area contributed by atoms with Crippen molar-refractivity contribution in [3.63, 3.8) is 0 Å². The minimum absolute atomic E-state index is 0.135. The molecule has 0 heterocycles. The molecule has 0 atom stereocenters. The third-order valence-electron chi connectivity index (χ3n) is 7.82. The quantitative estimate of drug-likeness (QED) is 0.0470. The SMILES string of the molecule is CCCCCCCCCCCCCCCC(=O)OCCOCCOCCOCCOCCOCCOCCOCCOCCOCCC(=O)OC(C)(C)C. The first-order valence-electron chi connectivity index (χ1n) is 20.9. The molecule has 322 valence electrons. The summed E-state index contributed by atoms with van der Waals surface area (Å²) in [5.74, 6) is -0.401. The zero-order valence-electron chi connectivity index (χ0n) is 34.8. The van der Waals surface area contributed by atoms with E-state index >= 15 is 0 Å². The van der Waals surface area contributed by atoms with Crippen LogP contribution in [0, 0.1) is 0 Å². The van der Waals surface area contributed by atoms with E-state index in [0.717, 1.165) is 12.8 Å². The molecule has 0 spiro atoms. The second-order valence-electron chi connectivity index (χ2n) is 14.1. The number of rotatable bonds is 44. The smallest absolute Gasteiger partial charge is 0.308 e. The van der Waals surface area contributed by atoms with E-state index in [9.17, 15) is 9.59 Å². The van der Waals surface area contributed by atoms with Crippen LogP contribution in [0.2, 0.25) is 0 Å². The third-order valence-corrected chi connectivity index (χ3v) is 7.82. The lowest BCUT2D eigenvalue weighted by molar-refractivity contribution is -0.156. The molecule has 0 aromatic carbocycles. The molecule has 0 unspecified atom stereocenters. The summed E-state index contributed by atoms with van der Waals surface area (Å²) in [5, 5.41) is 0. The number of esters is 2. The molecule has 0 aromatic rings. The fraction of sp³-hybridized carbons (Fsp3) is 0.951. The molecule has 0 aliphatic heterocycles. The zero-order valence-corrected chi connectivity index (χ0v) is 34.8. The Morgan fingerprint density at radius 2 is 0.611 bits per heavy atom. The fourth-order valence-electron chi connectivity index (χ4n) is 4.98. The van der Waals surface area contributed by atoms with Crippen molar-refractivity contribution in [1.29, 1.82) is 0 Å². The fourth-order valence-corrected chi connectivity index (χ4v) is 4.98. The molecule has 0 aliphatic rings. The third kappa shape index (κ3) is 46.7. The van der Waals surface area contributed by atoms with Crippen molar-refractivity contribution in [2.45, 2.75) is 130 Å². The lowest BCUT2D eigenvalue weighted by Gasteiger charge is -2.19. The van der Waals surface area contributed by atoms with E-state index in [-0.39, 0.29) is 25.0 Å². The van der Waals surface area contributed by atoms with Gasteiger partial charge in [-0.05, 0) is 27.2 Å². The first kappa shape index (κ1) is 52.6. The monoisotopic (exact) mass is 781 g/mol. The summed E-state index contributed by atoms with van der Waals surface area (Å²) in [6.07, 6.45) is 17.5. The Bertz CT molecular complexity index is 779. The summed E-state index contributed by atoms with van der Waals surface area (Å²) in [6.45, 7) is 16.3. The second kappa shape index (κ2) is 42.7. The van der Waals surface area contributed by atoms with Crippen LogP contribution in [0.1, 0.15) is 124 Å². The number of hydrogen-bond acceptors (Lipinski definition) is 13. The molecule has 0 aliphatic carbocycles. The van der Waals surface area contributed by atoms with Crippen molar-refractivity contribution in [2.75, 3.05) is 126 Å². The molecular weight excluding hydrogens is 700 g/mol. The average Bonchev–Trinajstić information content (AvgIpc) is 3.13. The predicted molar refractivity (Wildman–Crippen MR) is 209 cm³/mol. The van der Waals surface area contributed by atoms with Crippen molar-refractivity contribution >= 4 is 11.9 Å². The van der Waals surface area contributed by atoms with Gasteiger partial charge in [0.2, 0.25) is 0 Å². The topological polar surface area (TPSA) is 136 Å². The highest BCUT2D eigenvalue weighted by Crippen LogP contribution is 2.13. The molecule has 0 saturated carbocycles. The largest absolute Gasteiger partial charge is 0.463 e. The van der Waals surface area contributed by atoms with Crippen molar-refractivity contribution in [3.8, 4) is 0 Å². The molecule has 0 amide bonds.